The van der Waals surface area contributed by atoms with E-state index in [2.05, 4.69) is 40.0 Å². The number of anilines is 2. The van der Waals surface area contributed by atoms with Crippen LogP contribution in [0.2, 0.25) is 0 Å². The molecule has 0 saturated carbocycles. The Kier molecular flexibility index (Phi) is 7.29. The van der Waals surface area contributed by atoms with Crippen LogP contribution >= 0.6 is 0 Å². The van der Waals surface area contributed by atoms with Crippen molar-refractivity contribution in [1.29, 1.82) is 0 Å². The number of nitrogens with zero attached hydrogens (tertiary/aromatic N) is 3. The van der Waals surface area contributed by atoms with Crippen molar-refractivity contribution in [2.24, 2.45) is 5.92 Å². The molecule has 2 aromatic rings. The van der Waals surface area contributed by atoms with Crippen molar-refractivity contribution in [2.45, 2.75) is 20.3 Å². The normalized spacial score (nSPS) is 10.3. The third-order valence-corrected chi connectivity index (χ3v) is 3.45. The summed E-state index contributed by atoms with van der Waals surface area (Å²) < 4.78 is 5.30. The molecule has 0 saturated heterocycles. The number of amides is 1. The lowest BCUT2D eigenvalue weighted by molar-refractivity contribution is -0.383. The van der Waals surface area contributed by atoms with Crippen molar-refractivity contribution in [2.75, 3.05) is 23.9 Å². The number of hydrogen-bond donors (Lipinski definition) is 3. The van der Waals surface area contributed by atoms with Gasteiger partial charge in [0.2, 0.25) is 11.6 Å². The van der Waals surface area contributed by atoms with Gasteiger partial charge in [0.25, 0.3) is 5.91 Å². The molecule has 0 aliphatic rings. The fourth-order valence-corrected chi connectivity index (χ4v) is 2.08. The van der Waals surface area contributed by atoms with Gasteiger partial charge in [0, 0.05) is 6.54 Å². The maximum atomic E-state index is 11.9. The minimum atomic E-state index is -0.604. The van der Waals surface area contributed by atoms with E-state index < -0.39 is 10.8 Å². The molecule has 3 N–H and O–H groups in total. The Balaban J connectivity index is 1.96. The molecule has 10 heteroatoms. The second-order valence-corrected chi connectivity index (χ2v) is 6.06. The molecule has 0 fully saturated rings. The molecule has 10 nitrogen and oxygen atoms in total. The monoisotopic (exact) mass is 374 g/mol. The van der Waals surface area contributed by atoms with Crippen molar-refractivity contribution >= 4 is 23.2 Å². The fraction of sp³-hybridized carbons (Fsp3) is 0.353. The van der Waals surface area contributed by atoms with Crippen molar-refractivity contribution in [1.82, 2.24) is 15.4 Å². The first kappa shape index (κ1) is 19.9. The minimum absolute atomic E-state index is 0.0907. The Bertz CT molecular complexity index is 769. The molecule has 27 heavy (non-hydrogen) atoms. The summed E-state index contributed by atoms with van der Waals surface area (Å²) in [5.74, 6) is 0.446. The molecule has 144 valence electrons. The van der Waals surface area contributed by atoms with Crippen molar-refractivity contribution in [3.8, 4) is 5.75 Å². The molecule has 1 amide bonds. The largest absolute Gasteiger partial charge is 0.484 e. The average Bonchev–Trinajstić information content (AvgIpc) is 2.65. The Morgan fingerprint density at radius 1 is 1.22 bits per heavy atom. The third kappa shape index (κ3) is 6.42. The van der Waals surface area contributed by atoms with Gasteiger partial charge in [0.1, 0.15) is 12.1 Å². The van der Waals surface area contributed by atoms with Crippen LogP contribution in [0.15, 0.2) is 36.7 Å². The lowest BCUT2D eigenvalue weighted by Crippen LogP contribution is -2.34. The van der Waals surface area contributed by atoms with Crippen LogP contribution in [0.25, 0.3) is 0 Å². The van der Waals surface area contributed by atoms with Crippen LogP contribution in [-0.2, 0) is 4.79 Å². The number of benzene rings is 1. The zero-order chi connectivity index (χ0) is 19.6. The minimum Gasteiger partial charge on any atom is -0.484 e. The molecule has 2 rings (SSSR count). The SMILES string of the molecule is CC(C)CCNc1ncnc(NNC(=O)COc2ccccc2)c1[N+](=O)[O-]. The van der Waals surface area contributed by atoms with E-state index in [1.807, 2.05) is 6.07 Å². The highest BCUT2D eigenvalue weighted by Gasteiger charge is 2.23. The van der Waals surface area contributed by atoms with Gasteiger partial charge in [0.15, 0.2) is 6.61 Å². The van der Waals surface area contributed by atoms with E-state index in [9.17, 15) is 14.9 Å². The van der Waals surface area contributed by atoms with Gasteiger partial charge in [-0.2, -0.15) is 0 Å². The predicted molar refractivity (Wildman–Crippen MR) is 100 cm³/mol. The molecule has 0 unspecified atom stereocenters. The summed E-state index contributed by atoms with van der Waals surface area (Å²) in [6, 6.07) is 8.82. The molecule has 1 aromatic heterocycles. The van der Waals surface area contributed by atoms with E-state index in [-0.39, 0.29) is 23.9 Å². The smallest absolute Gasteiger partial charge is 0.354 e. The number of hydrogen-bond acceptors (Lipinski definition) is 8. The second kappa shape index (κ2) is 9.90. The summed E-state index contributed by atoms with van der Waals surface area (Å²) in [6.45, 7) is 4.38. The molecular weight excluding hydrogens is 352 g/mol. The van der Waals surface area contributed by atoms with Gasteiger partial charge in [0.05, 0.1) is 4.92 Å². The zero-order valence-electron chi connectivity index (χ0n) is 15.1. The Hall–Kier alpha value is -3.43. The molecule has 0 aliphatic carbocycles. The quantitative estimate of drug-likeness (QED) is 0.427. The molecule has 0 radical (unpaired) electrons. The van der Waals surface area contributed by atoms with E-state index >= 15 is 0 Å². The molecule has 0 spiro atoms. The fourth-order valence-electron chi connectivity index (χ4n) is 2.08. The van der Waals surface area contributed by atoms with Gasteiger partial charge in [-0.05, 0) is 24.5 Å². The number of nitrogens with one attached hydrogen (secondary N) is 3. The summed E-state index contributed by atoms with van der Waals surface area (Å²) in [5, 5.41) is 14.3. The summed E-state index contributed by atoms with van der Waals surface area (Å²) in [7, 11) is 0. The van der Waals surface area contributed by atoms with Crippen molar-refractivity contribution < 1.29 is 14.5 Å². The van der Waals surface area contributed by atoms with Gasteiger partial charge in [-0.3, -0.25) is 25.8 Å². The van der Waals surface area contributed by atoms with Crippen molar-refractivity contribution in [3.05, 3.63) is 46.8 Å². The first-order valence-corrected chi connectivity index (χ1v) is 8.43. The van der Waals surface area contributed by atoms with Gasteiger partial charge in [-0.1, -0.05) is 32.0 Å². The Labute approximate surface area is 156 Å². The van der Waals surface area contributed by atoms with E-state index in [4.69, 9.17) is 4.74 Å². The first-order chi connectivity index (χ1) is 13.0. The maximum Gasteiger partial charge on any atom is 0.354 e. The number of rotatable bonds is 10. The topological polar surface area (TPSA) is 131 Å². The second-order valence-electron chi connectivity index (χ2n) is 6.06. The van der Waals surface area contributed by atoms with Crippen LogP contribution in [0, 0.1) is 16.0 Å². The molecular formula is C17H22N6O4. The number of ether oxygens (including phenoxy) is 1. The van der Waals surface area contributed by atoms with Crippen LogP contribution in [0.1, 0.15) is 20.3 Å². The van der Waals surface area contributed by atoms with Crippen LogP contribution in [0.4, 0.5) is 17.3 Å². The summed E-state index contributed by atoms with van der Waals surface area (Å²) in [4.78, 5) is 30.4. The summed E-state index contributed by atoms with van der Waals surface area (Å²) in [5.41, 5.74) is 4.45. The molecule has 1 aromatic carbocycles. The van der Waals surface area contributed by atoms with E-state index in [0.717, 1.165) is 6.42 Å². The number of carbonyl (C=O) groups excluding carboxylic acids is 1. The van der Waals surface area contributed by atoms with Crippen LogP contribution in [0.3, 0.4) is 0 Å². The van der Waals surface area contributed by atoms with E-state index in [1.54, 1.807) is 24.3 Å². The average molecular weight is 374 g/mol. The third-order valence-electron chi connectivity index (χ3n) is 3.45. The lowest BCUT2D eigenvalue weighted by atomic mass is 10.1. The van der Waals surface area contributed by atoms with Gasteiger partial charge < -0.3 is 10.1 Å². The molecule has 0 bridgehead atoms. The van der Waals surface area contributed by atoms with E-state index in [0.29, 0.717) is 18.2 Å². The number of hydrazine groups is 1. The Morgan fingerprint density at radius 3 is 2.59 bits per heavy atom. The number of carbonyl (C=O) groups is 1. The van der Waals surface area contributed by atoms with Crippen LogP contribution in [0.5, 0.6) is 5.75 Å². The number of aromatic nitrogens is 2. The molecule has 0 atom stereocenters. The van der Waals surface area contributed by atoms with Gasteiger partial charge in [-0.15, -0.1) is 0 Å². The summed E-state index contributed by atoms with van der Waals surface area (Å²) >= 11 is 0. The van der Waals surface area contributed by atoms with Crippen molar-refractivity contribution in [3.63, 3.8) is 0 Å². The highest BCUT2D eigenvalue weighted by atomic mass is 16.6. The van der Waals surface area contributed by atoms with Gasteiger partial charge >= 0.3 is 5.69 Å². The highest BCUT2D eigenvalue weighted by molar-refractivity contribution is 5.80. The first-order valence-electron chi connectivity index (χ1n) is 8.43. The molecule has 1 heterocycles. The standard InChI is InChI=1S/C17H22N6O4/c1-12(2)8-9-18-16-15(23(25)26)17(20-11-19-16)22-21-14(24)10-27-13-6-4-3-5-7-13/h3-7,11-12H,8-10H2,1-2H3,(H,21,24)(H2,18,19,20,22). The van der Waals surface area contributed by atoms with Crippen LogP contribution < -0.4 is 20.9 Å². The van der Waals surface area contributed by atoms with E-state index in [1.165, 1.54) is 6.33 Å². The highest BCUT2D eigenvalue weighted by Crippen LogP contribution is 2.28. The summed E-state index contributed by atoms with van der Waals surface area (Å²) in [6.07, 6.45) is 2.01. The van der Waals surface area contributed by atoms with Gasteiger partial charge in [-0.25, -0.2) is 9.97 Å². The van der Waals surface area contributed by atoms with Crippen LogP contribution in [-0.4, -0.2) is 34.0 Å². The molecule has 0 aliphatic heterocycles. The lowest BCUT2D eigenvalue weighted by Gasteiger charge is -2.12. The number of para-hydroxylation sites is 1. The Morgan fingerprint density at radius 2 is 1.93 bits per heavy atom. The zero-order valence-corrected chi connectivity index (χ0v) is 15.1. The maximum absolute atomic E-state index is 11.9. The predicted octanol–water partition coefficient (Wildman–Crippen LogP) is 2.36. The number of nitro groups is 1.